The van der Waals surface area contributed by atoms with Crippen molar-refractivity contribution >= 4 is 25.8 Å². The summed E-state index contributed by atoms with van der Waals surface area (Å²) in [6.07, 6.45) is 3.09. The molecule has 7 nitrogen and oxygen atoms in total. The Morgan fingerprint density at radius 2 is 1.79 bits per heavy atom. The number of imidazole rings is 1. The van der Waals surface area contributed by atoms with Gasteiger partial charge >= 0.3 is 11.2 Å². The van der Waals surface area contributed by atoms with Crippen molar-refractivity contribution in [2.24, 2.45) is 0 Å². The Balaban J connectivity index is 2.05. The standard InChI is InChI=1S/C17H13BrF3N3O4S/c1-10-15(25)24(16(26)23(10)9-11-6-7-22-8-14(11)18)12-2-4-13(5-3-12)29(27,28)17(19,20)21/h2-8,25H,9H2,1H3. The van der Waals surface area contributed by atoms with Crippen LogP contribution in [0.1, 0.15) is 11.3 Å². The molecule has 0 fully saturated rings. The minimum absolute atomic E-state index is 0.0178. The van der Waals surface area contributed by atoms with Gasteiger partial charge < -0.3 is 5.11 Å². The molecule has 2 aromatic heterocycles. The topological polar surface area (TPSA) is 94.2 Å². The molecule has 1 aromatic carbocycles. The summed E-state index contributed by atoms with van der Waals surface area (Å²) in [6, 6.07) is 5.19. The monoisotopic (exact) mass is 491 g/mol. The van der Waals surface area contributed by atoms with E-state index >= 15 is 0 Å². The number of aromatic hydroxyl groups is 1. The Bertz CT molecular complexity index is 1230. The van der Waals surface area contributed by atoms with Crippen LogP contribution in [-0.4, -0.2) is 33.2 Å². The van der Waals surface area contributed by atoms with Gasteiger partial charge in [0, 0.05) is 16.9 Å². The molecule has 154 valence electrons. The van der Waals surface area contributed by atoms with Crippen molar-refractivity contribution in [1.29, 1.82) is 0 Å². The van der Waals surface area contributed by atoms with Gasteiger partial charge in [0.05, 0.1) is 22.8 Å². The Morgan fingerprint density at radius 3 is 2.34 bits per heavy atom. The highest BCUT2D eigenvalue weighted by molar-refractivity contribution is 9.10. The number of hydrogen-bond acceptors (Lipinski definition) is 5. The van der Waals surface area contributed by atoms with Crippen molar-refractivity contribution in [3.8, 4) is 11.6 Å². The molecule has 0 bridgehead atoms. The van der Waals surface area contributed by atoms with E-state index < -0.39 is 31.8 Å². The second-order valence-corrected chi connectivity index (χ2v) is 8.82. The first-order valence-corrected chi connectivity index (χ1v) is 10.2. The number of nitrogens with zero attached hydrogens (tertiary/aromatic N) is 3. The van der Waals surface area contributed by atoms with Gasteiger partial charge in [0.25, 0.3) is 9.84 Å². The van der Waals surface area contributed by atoms with Crippen LogP contribution in [0, 0.1) is 6.92 Å². The van der Waals surface area contributed by atoms with E-state index in [1.807, 2.05) is 0 Å². The normalized spacial score (nSPS) is 12.3. The van der Waals surface area contributed by atoms with Crippen LogP contribution in [0.3, 0.4) is 0 Å². The molecule has 0 aliphatic carbocycles. The lowest BCUT2D eigenvalue weighted by Crippen LogP contribution is -2.25. The van der Waals surface area contributed by atoms with Gasteiger partial charge in [-0.3, -0.25) is 9.55 Å². The molecule has 0 aliphatic heterocycles. The van der Waals surface area contributed by atoms with Gasteiger partial charge in [-0.25, -0.2) is 17.8 Å². The Labute approximate surface area is 171 Å². The van der Waals surface area contributed by atoms with E-state index in [2.05, 4.69) is 20.9 Å². The quantitative estimate of drug-likeness (QED) is 0.604. The van der Waals surface area contributed by atoms with Gasteiger partial charge in [-0.1, -0.05) is 0 Å². The van der Waals surface area contributed by atoms with E-state index in [9.17, 15) is 31.5 Å². The zero-order valence-corrected chi connectivity index (χ0v) is 17.1. The molecule has 0 saturated carbocycles. The molecule has 0 saturated heterocycles. The first kappa shape index (κ1) is 21.1. The lowest BCUT2D eigenvalue weighted by atomic mass is 10.2. The number of rotatable bonds is 4. The molecule has 3 aromatic rings. The number of aromatic nitrogens is 3. The molecule has 0 unspecified atom stereocenters. The van der Waals surface area contributed by atoms with E-state index in [1.165, 1.54) is 17.7 Å². The van der Waals surface area contributed by atoms with Crippen LogP contribution in [0.25, 0.3) is 5.69 Å². The number of pyridine rings is 1. The van der Waals surface area contributed by atoms with Crippen LogP contribution in [0.4, 0.5) is 13.2 Å². The molecule has 0 amide bonds. The third-order valence-corrected chi connectivity index (χ3v) is 6.47. The molecule has 12 heteroatoms. The average Bonchev–Trinajstić information content (AvgIpc) is 2.86. The number of hydrogen-bond donors (Lipinski definition) is 1. The Kier molecular flexibility index (Phi) is 5.34. The van der Waals surface area contributed by atoms with Crippen LogP contribution in [0.2, 0.25) is 0 Å². The lowest BCUT2D eigenvalue weighted by molar-refractivity contribution is -0.0436. The second kappa shape index (κ2) is 7.34. The van der Waals surface area contributed by atoms with Gasteiger partial charge in [-0.2, -0.15) is 13.2 Å². The highest BCUT2D eigenvalue weighted by Gasteiger charge is 2.46. The minimum atomic E-state index is -5.51. The van der Waals surface area contributed by atoms with Crippen LogP contribution in [-0.2, 0) is 16.4 Å². The van der Waals surface area contributed by atoms with Crippen LogP contribution in [0.5, 0.6) is 5.88 Å². The number of sulfone groups is 1. The largest absolute Gasteiger partial charge is 0.501 e. The van der Waals surface area contributed by atoms with Gasteiger partial charge in [-0.15, -0.1) is 0 Å². The summed E-state index contributed by atoms with van der Waals surface area (Å²) in [5.41, 5.74) is -5.12. The summed E-state index contributed by atoms with van der Waals surface area (Å²) >= 11 is 3.32. The van der Waals surface area contributed by atoms with Crippen molar-refractivity contribution in [3.63, 3.8) is 0 Å². The van der Waals surface area contributed by atoms with Crippen molar-refractivity contribution in [1.82, 2.24) is 14.1 Å². The van der Waals surface area contributed by atoms with Crippen molar-refractivity contribution in [3.05, 3.63) is 68.9 Å². The summed E-state index contributed by atoms with van der Waals surface area (Å²) in [5.74, 6) is -0.411. The molecule has 0 atom stereocenters. The molecule has 0 radical (unpaired) electrons. The summed E-state index contributed by atoms with van der Waals surface area (Å²) in [7, 11) is -5.51. The zero-order chi connectivity index (χ0) is 21.6. The van der Waals surface area contributed by atoms with Crippen molar-refractivity contribution < 1.29 is 26.7 Å². The molecule has 1 N–H and O–H groups in total. The van der Waals surface area contributed by atoms with Crippen molar-refractivity contribution in [2.75, 3.05) is 0 Å². The summed E-state index contributed by atoms with van der Waals surface area (Å²) in [5, 5.41) is 10.4. The lowest BCUT2D eigenvalue weighted by Gasteiger charge is -2.09. The number of benzene rings is 1. The number of halogens is 4. The molecular weight excluding hydrogens is 479 g/mol. The fourth-order valence-electron chi connectivity index (χ4n) is 2.67. The summed E-state index contributed by atoms with van der Waals surface area (Å²) in [4.78, 5) is 15.8. The van der Waals surface area contributed by atoms with Gasteiger partial charge in [0.1, 0.15) is 0 Å². The molecule has 0 aliphatic rings. The van der Waals surface area contributed by atoms with Gasteiger partial charge in [0.15, 0.2) is 0 Å². The van der Waals surface area contributed by atoms with E-state index in [4.69, 9.17) is 0 Å². The predicted molar refractivity (Wildman–Crippen MR) is 101 cm³/mol. The molecule has 29 heavy (non-hydrogen) atoms. The molecule has 2 heterocycles. The SMILES string of the molecule is Cc1c(O)n(-c2ccc(S(=O)(=O)C(F)(F)F)cc2)c(=O)n1Cc1ccncc1Br. The van der Waals surface area contributed by atoms with E-state index in [-0.39, 0.29) is 17.9 Å². The van der Waals surface area contributed by atoms with Crippen molar-refractivity contribution in [2.45, 2.75) is 23.9 Å². The fourth-order valence-corrected chi connectivity index (χ4v) is 3.80. The zero-order valence-electron chi connectivity index (χ0n) is 14.7. The van der Waals surface area contributed by atoms with E-state index in [0.717, 1.165) is 28.8 Å². The summed E-state index contributed by atoms with van der Waals surface area (Å²) in [6.45, 7) is 1.61. The smallest absolute Gasteiger partial charge is 0.493 e. The van der Waals surface area contributed by atoms with Gasteiger partial charge in [-0.05, 0) is 58.7 Å². The van der Waals surface area contributed by atoms with Crippen LogP contribution in [0.15, 0.2) is 56.9 Å². The molecular formula is C17H13BrF3N3O4S. The third kappa shape index (κ3) is 3.69. The van der Waals surface area contributed by atoms with E-state index in [1.54, 1.807) is 12.3 Å². The van der Waals surface area contributed by atoms with Crippen LogP contribution < -0.4 is 5.69 Å². The minimum Gasteiger partial charge on any atom is -0.493 e. The Hall–Kier alpha value is -2.60. The third-order valence-electron chi connectivity index (χ3n) is 4.26. The van der Waals surface area contributed by atoms with Gasteiger partial charge in [0.2, 0.25) is 5.88 Å². The molecule has 0 spiro atoms. The fraction of sp³-hybridized carbons (Fsp3) is 0.176. The predicted octanol–water partition coefficient (Wildman–Crippen LogP) is 3.15. The first-order chi connectivity index (χ1) is 13.4. The first-order valence-electron chi connectivity index (χ1n) is 7.96. The maximum Gasteiger partial charge on any atom is 0.501 e. The highest BCUT2D eigenvalue weighted by Crippen LogP contribution is 2.31. The van der Waals surface area contributed by atoms with Crippen LogP contribution >= 0.6 is 15.9 Å². The molecule has 3 rings (SSSR count). The summed E-state index contributed by atoms with van der Waals surface area (Å²) < 4.78 is 63.8. The number of alkyl halides is 3. The Morgan fingerprint density at radius 1 is 1.17 bits per heavy atom. The second-order valence-electron chi connectivity index (χ2n) is 6.02. The maximum atomic E-state index is 12.8. The van der Waals surface area contributed by atoms with E-state index in [0.29, 0.717) is 10.0 Å². The maximum absolute atomic E-state index is 12.8. The highest BCUT2D eigenvalue weighted by atomic mass is 79.9. The average molecular weight is 492 g/mol.